The molecule has 2 heterocycles. The minimum atomic E-state index is -0.514. The van der Waals surface area contributed by atoms with Gasteiger partial charge in [0.2, 0.25) is 5.89 Å². The van der Waals surface area contributed by atoms with Crippen molar-refractivity contribution in [1.29, 1.82) is 0 Å². The van der Waals surface area contributed by atoms with Gasteiger partial charge in [-0.05, 0) is 37.6 Å². The Morgan fingerprint density at radius 2 is 1.89 bits per heavy atom. The van der Waals surface area contributed by atoms with Crippen molar-refractivity contribution in [3.63, 3.8) is 0 Å². The first-order valence-corrected chi connectivity index (χ1v) is 8.95. The van der Waals surface area contributed by atoms with E-state index in [0.29, 0.717) is 18.0 Å². The first kappa shape index (κ1) is 17.9. The molecule has 0 bridgehead atoms. The summed E-state index contributed by atoms with van der Waals surface area (Å²) in [7, 11) is 0. The third kappa shape index (κ3) is 3.64. The van der Waals surface area contributed by atoms with Crippen LogP contribution in [-0.4, -0.2) is 21.6 Å². The highest BCUT2D eigenvalue weighted by Crippen LogP contribution is 2.31. The number of halogens is 1. The summed E-state index contributed by atoms with van der Waals surface area (Å²) in [5, 5.41) is 0. The quantitative estimate of drug-likeness (QED) is 0.452. The highest BCUT2D eigenvalue weighted by molar-refractivity contribution is 5.78. The van der Waals surface area contributed by atoms with E-state index >= 15 is 0 Å². The highest BCUT2D eigenvalue weighted by Gasteiger charge is 2.19. The summed E-state index contributed by atoms with van der Waals surface area (Å²) in [5.74, 6) is 0.139. The maximum Gasteiger partial charge on any atom is 0.328 e. The van der Waals surface area contributed by atoms with E-state index in [1.807, 2.05) is 38.1 Å². The molecule has 0 atom stereocenters. The number of para-hydroxylation sites is 1. The minimum absolute atomic E-state index is 0.0155. The second kappa shape index (κ2) is 7.64. The molecule has 2 aromatic carbocycles. The number of aryl methyl sites for hydroxylation is 1. The third-order valence-corrected chi connectivity index (χ3v) is 3.95. The first-order valence-electron chi connectivity index (χ1n) is 8.95. The fraction of sp³-hybridized carbons (Fsp3) is 0.190. The lowest BCUT2D eigenvalue weighted by Crippen LogP contribution is -2.01. The number of ether oxygens (including phenoxy) is 2. The zero-order valence-electron chi connectivity index (χ0n) is 15.5. The second-order valence-electron chi connectivity index (χ2n) is 6.23. The van der Waals surface area contributed by atoms with E-state index in [2.05, 4.69) is 15.0 Å². The molecule has 2 aromatic heterocycles. The van der Waals surface area contributed by atoms with Crippen LogP contribution in [0.15, 0.2) is 52.9 Å². The van der Waals surface area contributed by atoms with E-state index in [9.17, 15) is 4.39 Å². The molecule has 4 rings (SSSR count). The smallest absolute Gasteiger partial charge is 0.328 e. The predicted octanol–water partition coefficient (Wildman–Crippen LogP) is 5.31. The van der Waals surface area contributed by atoms with Gasteiger partial charge in [0.25, 0.3) is 11.6 Å². The number of fused-ring (bicyclic) bond motifs is 1. The number of hydrogen-bond donors (Lipinski definition) is 0. The molecule has 0 saturated carbocycles. The van der Waals surface area contributed by atoms with Crippen LogP contribution in [0.25, 0.3) is 22.7 Å². The monoisotopic (exact) mass is 379 g/mol. The summed E-state index contributed by atoms with van der Waals surface area (Å²) in [6.45, 7) is 4.41. The van der Waals surface area contributed by atoms with Crippen LogP contribution in [0, 0.1) is 12.7 Å². The average molecular weight is 379 g/mol. The van der Waals surface area contributed by atoms with Gasteiger partial charge in [-0.15, -0.1) is 0 Å². The lowest BCUT2D eigenvalue weighted by Gasteiger charge is -2.07. The number of hydrogen-bond acceptors (Lipinski definition) is 6. The normalized spacial score (nSPS) is 11.0. The number of nitrogens with zero attached hydrogens (tertiary/aromatic N) is 3. The van der Waals surface area contributed by atoms with Crippen LogP contribution in [0.4, 0.5) is 4.39 Å². The van der Waals surface area contributed by atoms with Crippen molar-refractivity contribution in [1.82, 2.24) is 15.0 Å². The zero-order valence-corrected chi connectivity index (χ0v) is 15.5. The van der Waals surface area contributed by atoms with Gasteiger partial charge in [-0.25, -0.2) is 9.37 Å². The summed E-state index contributed by atoms with van der Waals surface area (Å²) >= 11 is 0. The number of oxazole rings is 1. The van der Waals surface area contributed by atoms with Gasteiger partial charge in [-0.3, -0.25) is 0 Å². The predicted molar refractivity (Wildman–Crippen MR) is 102 cm³/mol. The Morgan fingerprint density at radius 1 is 1.04 bits per heavy atom. The molecule has 4 aromatic rings. The van der Waals surface area contributed by atoms with Crippen LogP contribution >= 0.6 is 0 Å². The summed E-state index contributed by atoms with van der Waals surface area (Å²) in [6, 6.07) is 13.7. The molecule has 28 heavy (non-hydrogen) atoms. The fourth-order valence-electron chi connectivity index (χ4n) is 2.65. The van der Waals surface area contributed by atoms with Gasteiger partial charge in [0, 0.05) is 5.56 Å². The van der Waals surface area contributed by atoms with E-state index in [0.717, 1.165) is 17.5 Å². The fourth-order valence-corrected chi connectivity index (χ4v) is 2.65. The Morgan fingerprint density at radius 3 is 2.68 bits per heavy atom. The van der Waals surface area contributed by atoms with Crippen molar-refractivity contribution in [2.24, 2.45) is 0 Å². The van der Waals surface area contributed by atoms with Gasteiger partial charge in [0.05, 0.1) is 6.61 Å². The van der Waals surface area contributed by atoms with Crippen molar-refractivity contribution in [3.05, 3.63) is 59.9 Å². The molecule has 0 N–H and O–H groups in total. The van der Waals surface area contributed by atoms with Gasteiger partial charge in [0.1, 0.15) is 0 Å². The number of rotatable bonds is 6. The van der Waals surface area contributed by atoms with Gasteiger partial charge < -0.3 is 13.9 Å². The maximum absolute atomic E-state index is 13.9. The van der Waals surface area contributed by atoms with Crippen molar-refractivity contribution in [3.8, 4) is 29.1 Å². The summed E-state index contributed by atoms with van der Waals surface area (Å²) in [6.07, 6.45) is 0.789. The molecule has 0 spiro atoms. The molecule has 0 aliphatic rings. The van der Waals surface area contributed by atoms with E-state index in [-0.39, 0.29) is 23.4 Å². The zero-order chi connectivity index (χ0) is 19.5. The van der Waals surface area contributed by atoms with Gasteiger partial charge in [-0.2, -0.15) is 9.97 Å². The minimum Gasteiger partial charge on any atom is -0.476 e. The Kier molecular flexibility index (Phi) is 4.89. The molecule has 0 amide bonds. The van der Waals surface area contributed by atoms with Crippen LogP contribution in [-0.2, 0) is 0 Å². The van der Waals surface area contributed by atoms with Crippen LogP contribution in [0.2, 0.25) is 0 Å². The standard InChI is InChI=1S/C21H18FN3O3/c1-3-11-26-19-17-20(28-18(23-17)14-8-6-7-13(2)12-14)25-21(24-19)27-16-10-5-4-9-15(16)22/h4-10,12H,3,11H2,1-2H3. The van der Waals surface area contributed by atoms with Crippen LogP contribution in [0.3, 0.4) is 0 Å². The van der Waals surface area contributed by atoms with E-state index in [4.69, 9.17) is 13.9 Å². The van der Waals surface area contributed by atoms with E-state index in [1.165, 1.54) is 12.1 Å². The molecular formula is C21H18FN3O3. The molecular weight excluding hydrogens is 361 g/mol. The van der Waals surface area contributed by atoms with Crippen molar-refractivity contribution in [2.75, 3.05) is 6.61 Å². The summed E-state index contributed by atoms with van der Waals surface area (Å²) in [4.78, 5) is 13.0. The van der Waals surface area contributed by atoms with Gasteiger partial charge >= 0.3 is 6.01 Å². The van der Waals surface area contributed by atoms with Crippen molar-refractivity contribution in [2.45, 2.75) is 20.3 Å². The molecule has 7 heteroatoms. The molecule has 6 nitrogen and oxygen atoms in total. The molecule has 0 aliphatic heterocycles. The molecule has 0 aliphatic carbocycles. The molecule has 142 valence electrons. The summed E-state index contributed by atoms with van der Waals surface area (Å²) in [5.41, 5.74) is 2.50. The van der Waals surface area contributed by atoms with E-state index in [1.54, 1.807) is 12.1 Å². The first-order chi connectivity index (χ1) is 13.6. The lowest BCUT2D eigenvalue weighted by molar-refractivity contribution is 0.301. The summed E-state index contributed by atoms with van der Waals surface area (Å²) < 4.78 is 30.9. The topological polar surface area (TPSA) is 70.3 Å². The Balaban J connectivity index is 1.78. The lowest BCUT2D eigenvalue weighted by atomic mass is 10.1. The highest BCUT2D eigenvalue weighted by atomic mass is 19.1. The number of benzene rings is 2. The third-order valence-electron chi connectivity index (χ3n) is 3.95. The van der Waals surface area contributed by atoms with Crippen molar-refractivity contribution >= 4 is 11.2 Å². The largest absolute Gasteiger partial charge is 0.476 e. The van der Waals surface area contributed by atoms with Gasteiger partial charge in [-0.1, -0.05) is 36.8 Å². The second-order valence-corrected chi connectivity index (χ2v) is 6.23. The van der Waals surface area contributed by atoms with Crippen molar-refractivity contribution < 1.29 is 18.3 Å². The number of aromatic nitrogens is 3. The molecule has 0 unspecified atom stereocenters. The van der Waals surface area contributed by atoms with E-state index < -0.39 is 5.82 Å². The maximum atomic E-state index is 13.9. The van der Waals surface area contributed by atoms with Crippen LogP contribution in [0.1, 0.15) is 18.9 Å². The SMILES string of the molecule is CCCOc1nc(Oc2ccccc2F)nc2oc(-c3cccc(C)c3)nc12. The van der Waals surface area contributed by atoms with Gasteiger partial charge in [0.15, 0.2) is 17.1 Å². The Labute approximate surface area is 161 Å². The average Bonchev–Trinajstić information content (AvgIpc) is 3.12. The molecule has 0 radical (unpaired) electrons. The van der Waals surface area contributed by atoms with Crippen LogP contribution in [0.5, 0.6) is 17.6 Å². The molecule has 0 saturated heterocycles. The van der Waals surface area contributed by atoms with Crippen LogP contribution < -0.4 is 9.47 Å². The Hall–Kier alpha value is -3.48. The Bertz CT molecular complexity index is 1130. The molecule has 0 fully saturated rings.